The largest absolute Gasteiger partial charge is 0.544 e. The third-order valence-electron chi connectivity index (χ3n) is 6.35. The van der Waals surface area contributed by atoms with Gasteiger partial charge in [0.05, 0.1) is 12.7 Å². The zero-order chi connectivity index (χ0) is 21.4. The summed E-state index contributed by atoms with van der Waals surface area (Å²) in [4.78, 5) is 14.5. The minimum Gasteiger partial charge on any atom is -0.544 e. The Hall–Kier alpha value is -2.27. The lowest BCUT2D eigenvalue weighted by Gasteiger charge is -2.37. The SMILES string of the molecule is COC(=O)c1ccc2c(c1C)N(c1ccc(O[Si](C)(C)C(C)(C)C)cc1)CCC2. The summed E-state index contributed by atoms with van der Waals surface area (Å²) < 4.78 is 11.4. The molecular weight excluding hydrogens is 378 g/mol. The van der Waals surface area contributed by atoms with Crippen molar-refractivity contribution in [1.29, 1.82) is 0 Å². The summed E-state index contributed by atoms with van der Waals surface area (Å²) in [6.45, 7) is 14.2. The van der Waals surface area contributed by atoms with Crippen LogP contribution in [0.2, 0.25) is 18.1 Å². The molecule has 1 aliphatic heterocycles. The number of ether oxygens (including phenoxy) is 1. The highest BCUT2D eigenvalue weighted by atomic mass is 28.4. The average molecular weight is 412 g/mol. The van der Waals surface area contributed by atoms with E-state index < -0.39 is 8.32 Å². The van der Waals surface area contributed by atoms with Crippen LogP contribution in [0.3, 0.4) is 0 Å². The second-order valence-electron chi connectivity index (χ2n) is 9.35. The van der Waals surface area contributed by atoms with E-state index in [1.54, 1.807) is 0 Å². The summed E-state index contributed by atoms with van der Waals surface area (Å²) in [6.07, 6.45) is 2.12. The van der Waals surface area contributed by atoms with Crippen LogP contribution < -0.4 is 9.33 Å². The number of nitrogens with zero attached hydrogens (tertiary/aromatic N) is 1. The van der Waals surface area contributed by atoms with Crippen LogP contribution in [0.5, 0.6) is 5.75 Å². The molecule has 0 saturated heterocycles. The minimum absolute atomic E-state index is 0.166. The van der Waals surface area contributed by atoms with E-state index in [9.17, 15) is 4.79 Å². The molecule has 0 aliphatic carbocycles. The summed E-state index contributed by atoms with van der Waals surface area (Å²) in [7, 11) is -0.428. The molecule has 29 heavy (non-hydrogen) atoms. The van der Waals surface area contributed by atoms with E-state index >= 15 is 0 Å². The maximum absolute atomic E-state index is 12.2. The third kappa shape index (κ3) is 4.20. The highest BCUT2D eigenvalue weighted by Gasteiger charge is 2.39. The molecule has 0 N–H and O–H groups in total. The zero-order valence-electron chi connectivity index (χ0n) is 18.8. The molecule has 4 nitrogen and oxygen atoms in total. The number of benzene rings is 2. The Morgan fingerprint density at radius 2 is 1.72 bits per heavy atom. The molecule has 1 aliphatic rings. The van der Waals surface area contributed by atoms with Gasteiger partial charge >= 0.3 is 5.97 Å². The normalized spacial score (nSPS) is 14.4. The van der Waals surface area contributed by atoms with Gasteiger partial charge in [-0.15, -0.1) is 0 Å². The van der Waals surface area contributed by atoms with Gasteiger partial charge in [0, 0.05) is 17.9 Å². The first-order chi connectivity index (χ1) is 13.5. The summed E-state index contributed by atoms with van der Waals surface area (Å²) >= 11 is 0. The molecule has 1 heterocycles. The molecule has 0 aromatic heterocycles. The molecule has 0 fully saturated rings. The van der Waals surface area contributed by atoms with Gasteiger partial charge in [-0.25, -0.2) is 4.79 Å². The van der Waals surface area contributed by atoms with Crippen LogP contribution in [0.15, 0.2) is 36.4 Å². The molecular formula is C24H33NO3Si. The Bertz CT molecular complexity index is 898. The molecule has 0 spiro atoms. The lowest BCUT2D eigenvalue weighted by atomic mass is 9.94. The Morgan fingerprint density at radius 1 is 1.07 bits per heavy atom. The van der Waals surface area contributed by atoms with Crippen LogP contribution in [-0.4, -0.2) is 27.9 Å². The summed E-state index contributed by atoms with van der Waals surface area (Å²) in [5, 5.41) is 0.166. The summed E-state index contributed by atoms with van der Waals surface area (Å²) in [6, 6.07) is 12.4. The smallest absolute Gasteiger partial charge is 0.338 e. The molecule has 0 unspecified atom stereocenters. The van der Waals surface area contributed by atoms with Gasteiger partial charge < -0.3 is 14.1 Å². The topological polar surface area (TPSA) is 38.8 Å². The highest BCUT2D eigenvalue weighted by Crippen LogP contribution is 2.40. The van der Waals surface area contributed by atoms with E-state index in [1.165, 1.54) is 12.7 Å². The molecule has 0 saturated carbocycles. The van der Waals surface area contributed by atoms with Crippen molar-refractivity contribution >= 4 is 25.7 Å². The van der Waals surface area contributed by atoms with E-state index in [1.807, 2.05) is 13.0 Å². The molecule has 156 valence electrons. The molecule has 0 atom stereocenters. The molecule has 2 aromatic carbocycles. The standard InChI is InChI=1S/C24H33NO3Si/c1-17-21(23(26)27-5)15-10-18-9-8-16-25(22(17)18)19-11-13-20(14-12-19)28-29(6,7)24(2,3)4/h10-15H,8-9,16H2,1-7H3. The van der Waals surface area contributed by atoms with Crippen LogP contribution in [0.4, 0.5) is 11.4 Å². The van der Waals surface area contributed by atoms with E-state index in [0.29, 0.717) is 5.56 Å². The zero-order valence-corrected chi connectivity index (χ0v) is 19.8. The summed E-state index contributed by atoms with van der Waals surface area (Å²) in [5.74, 6) is 0.645. The Balaban J connectivity index is 1.93. The van der Waals surface area contributed by atoms with Crippen LogP contribution in [0.1, 0.15) is 48.7 Å². The van der Waals surface area contributed by atoms with E-state index in [4.69, 9.17) is 9.16 Å². The van der Waals surface area contributed by atoms with Gasteiger partial charge in [0.15, 0.2) is 0 Å². The summed E-state index contributed by atoms with van der Waals surface area (Å²) in [5.41, 5.74) is 5.16. The Kier molecular flexibility index (Phi) is 5.81. The van der Waals surface area contributed by atoms with Crippen molar-refractivity contribution in [3.8, 4) is 5.75 Å². The maximum Gasteiger partial charge on any atom is 0.338 e. The van der Waals surface area contributed by atoms with Gasteiger partial charge in [0.2, 0.25) is 8.32 Å². The van der Waals surface area contributed by atoms with E-state index in [-0.39, 0.29) is 11.0 Å². The van der Waals surface area contributed by atoms with Gasteiger partial charge in [0.25, 0.3) is 0 Å². The van der Waals surface area contributed by atoms with Crippen molar-refractivity contribution < 1.29 is 14.0 Å². The number of rotatable bonds is 4. The molecule has 0 bridgehead atoms. The fourth-order valence-corrected chi connectivity index (χ4v) is 4.64. The van der Waals surface area contributed by atoms with Crippen LogP contribution in [0, 0.1) is 6.92 Å². The Labute approximate surface area is 176 Å². The first-order valence-electron chi connectivity index (χ1n) is 10.3. The molecule has 0 radical (unpaired) electrons. The predicted octanol–water partition coefficient (Wildman–Crippen LogP) is 6.25. The first-order valence-corrected chi connectivity index (χ1v) is 13.2. The van der Waals surface area contributed by atoms with Gasteiger partial charge in [-0.3, -0.25) is 0 Å². The molecule has 0 amide bonds. The van der Waals surface area contributed by atoms with Gasteiger partial charge in [-0.05, 0) is 79.4 Å². The predicted molar refractivity (Wildman–Crippen MR) is 122 cm³/mol. The van der Waals surface area contributed by atoms with Crippen LogP contribution >= 0.6 is 0 Å². The highest BCUT2D eigenvalue weighted by molar-refractivity contribution is 6.74. The lowest BCUT2D eigenvalue weighted by molar-refractivity contribution is 0.0600. The second-order valence-corrected chi connectivity index (χ2v) is 14.1. The number of hydrogen-bond donors (Lipinski definition) is 0. The molecule has 3 rings (SSSR count). The van der Waals surface area contributed by atoms with Crippen molar-refractivity contribution in [2.45, 2.75) is 58.7 Å². The monoisotopic (exact) mass is 411 g/mol. The van der Waals surface area contributed by atoms with Crippen molar-refractivity contribution in [2.75, 3.05) is 18.6 Å². The van der Waals surface area contributed by atoms with E-state index in [0.717, 1.165) is 42.1 Å². The minimum atomic E-state index is -1.86. The number of esters is 1. The average Bonchev–Trinajstić information content (AvgIpc) is 2.67. The number of carbonyl (C=O) groups excluding carboxylic acids is 1. The maximum atomic E-state index is 12.2. The van der Waals surface area contributed by atoms with E-state index in [2.05, 4.69) is 69.1 Å². The number of hydrogen-bond acceptors (Lipinski definition) is 4. The molecule has 2 aromatic rings. The number of anilines is 2. The van der Waals surface area contributed by atoms with Gasteiger partial charge in [-0.2, -0.15) is 0 Å². The lowest BCUT2D eigenvalue weighted by Crippen LogP contribution is -2.43. The molecule has 5 heteroatoms. The van der Waals surface area contributed by atoms with Crippen LogP contribution in [0.25, 0.3) is 0 Å². The number of methoxy groups -OCH3 is 1. The fourth-order valence-electron chi connectivity index (χ4n) is 3.60. The van der Waals surface area contributed by atoms with Crippen molar-refractivity contribution in [3.05, 3.63) is 53.1 Å². The van der Waals surface area contributed by atoms with Crippen LogP contribution in [-0.2, 0) is 11.2 Å². The Morgan fingerprint density at radius 3 is 2.31 bits per heavy atom. The number of carbonyl (C=O) groups is 1. The van der Waals surface area contributed by atoms with Gasteiger partial charge in [-0.1, -0.05) is 26.8 Å². The number of aryl methyl sites for hydroxylation is 1. The second kappa shape index (κ2) is 7.86. The van der Waals surface area contributed by atoms with Crippen molar-refractivity contribution in [2.24, 2.45) is 0 Å². The third-order valence-corrected chi connectivity index (χ3v) is 10.7. The fraction of sp³-hybridized carbons (Fsp3) is 0.458. The quantitative estimate of drug-likeness (QED) is 0.440. The van der Waals surface area contributed by atoms with Crippen molar-refractivity contribution in [3.63, 3.8) is 0 Å². The van der Waals surface area contributed by atoms with Gasteiger partial charge in [0.1, 0.15) is 5.75 Å². The van der Waals surface area contributed by atoms with Crippen molar-refractivity contribution in [1.82, 2.24) is 0 Å². The number of fused-ring (bicyclic) bond motifs is 1. The first kappa shape index (κ1) is 21.4.